The summed E-state index contributed by atoms with van der Waals surface area (Å²) in [5.74, 6) is 0.226. The van der Waals surface area contributed by atoms with Gasteiger partial charge < -0.3 is 10.1 Å². The van der Waals surface area contributed by atoms with Gasteiger partial charge in [0.25, 0.3) is 6.43 Å². The Hall–Kier alpha value is -1.25. The van der Waals surface area contributed by atoms with Gasteiger partial charge in [0.05, 0.1) is 4.90 Å². The summed E-state index contributed by atoms with van der Waals surface area (Å²) < 4.78 is 54.8. The number of hydrogen-bond donors (Lipinski definition) is 1. The van der Waals surface area contributed by atoms with E-state index in [1.807, 2.05) is 0 Å². The molecule has 112 valence electrons. The smallest absolute Gasteiger partial charge is 0.272 e. The molecule has 1 aromatic rings. The minimum Gasteiger partial charge on any atom is -0.488 e. The van der Waals surface area contributed by atoms with Gasteiger partial charge in [-0.25, -0.2) is 17.2 Å². The minimum absolute atomic E-state index is 0.142. The summed E-state index contributed by atoms with van der Waals surface area (Å²) >= 11 is 0. The first kappa shape index (κ1) is 15.1. The molecule has 1 N–H and O–H groups in total. The van der Waals surface area contributed by atoms with Crippen molar-refractivity contribution in [1.82, 2.24) is 9.62 Å². The minimum atomic E-state index is -3.52. The van der Waals surface area contributed by atoms with Gasteiger partial charge in [0, 0.05) is 26.2 Å². The van der Waals surface area contributed by atoms with Gasteiger partial charge in [-0.05, 0) is 24.3 Å². The number of benzene rings is 1. The second-order valence-electron chi connectivity index (χ2n) is 4.33. The molecule has 1 aliphatic heterocycles. The molecule has 8 heteroatoms. The number of piperazine rings is 1. The van der Waals surface area contributed by atoms with Crippen LogP contribution >= 0.6 is 0 Å². The van der Waals surface area contributed by atoms with Crippen molar-refractivity contribution in [1.29, 1.82) is 0 Å². The molecule has 0 bridgehead atoms. The van der Waals surface area contributed by atoms with E-state index in [1.54, 1.807) is 0 Å². The van der Waals surface area contributed by atoms with Gasteiger partial charge in [-0.3, -0.25) is 0 Å². The van der Waals surface area contributed by atoms with E-state index < -0.39 is 23.1 Å². The molecular formula is C12H16F2N2O3S. The quantitative estimate of drug-likeness (QED) is 0.879. The highest BCUT2D eigenvalue weighted by molar-refractivity contribution is 7.89. The Balaban J connectivity index is 2.08. The van der Waals surface area contributed by atoms with Crippen LogP contribution in [0.25, 0.3) is 0 Å². The standard InChI is InChI=1S/C12H16F2N2O3S/c13-12(14)9-19-10-1-3-11(4-2-10)20(17,18)16-7-5-15-6-8-16/h1-4,12,15H,5-9H2. The summed E-state index contributed by atoms with van der Waals surface area (Å²) in [5, 5.41) is 3.08. The molecule has 0 unspecified atom stereocenters. The number of halogens is 2. The van der Waals surface area contributed by atoms with Crippen molar-refractivity contribution < 1.29 is 21.9 Å². The van der Waals surface area contributed by atoms with Crippen molar-refractivity contribution in [3.8, 4) is 5.75 Å². The van der Waals surface area contributed by atoms with Crippen LogP contribution in [-0.2, 0) is 10.0 Å². The zero-order chi connectivity index (χ0) is 14.6. The van der Waals surface area contributed by atoms with Crippen molar-refractivity contribution >= 4 is 10.0 Å². The SMILES string of the molecule is O=S(=O)(c1ccc(OCC(F)F)cc1)N1CCNCC1. The molecule has 1 aliphatic rings. The Morgan fingerprint density at radius 1 is 1.20 bits per heavy atom. The zero-order valence-electron chi connectivity index (χ0n) is 10.8. The molecule has 0 spiro atoms. The molecule has 0 aromatic heterocycles. The number of nitrogens with zero attached hydrogens (tertiary/aromatic N) is 1. The fourth-order valence-electron chi connectivity index (χ4n) is 1.90. The third kappa shape index (κ3) is 3.65. The lowest BCUT2D eigenvalue weighted by Crippen LogP contribution is -2.46. The van der Waals surface area contributed by atoms with Crippen LogP contribution in [0.1, 0.15) is 0 Å². The Labute approximate surface area is 116 Å². The first-order valence-corrected chi connectivity index (χ1v) is 7.66. The lowest BCUT2D eigenvalue weighted by Gasteiger charge is -2.26. The number of alkyl halides is 2. The van der Waals surface area contributed by atoms with Crippen molar-refractivity contribution in [2.45, 2.75) is 11.3 Å². The Morgan fingerprint density at radius 3 is 2.35 bits per heavy atom. The number of rotatable bonds is 5. The van der Waals surface area contributed by atoms with E-state index in [-0.39, 0.29) is 10.6 Å². The van der Waals surface area contributed by atoms with Crippen molar-refractivity contribution in [2.75, 3.05) is 32.8 Å². The highest BCUT2D eigenvalue weighted by Gasteiger charge is 2.25. The molecule has 1 heterocycles. The van der Waals surface area contributed by atoms with Crippen LogP contribution in [0, 0.1) is 0 Å². The van der Waals surface area contributed by atoms with E-state index >= 15 is 0 Å². The van der Waals surface area contributed by atoms with Gasteiger partial charge in [-0.2, -0.15) is 4.31 Å². The van der Waals surface area contributed by atoms with Gasteiger partial charge in [0.2, 0.25) is 10.0 Å². The molecule has 0 aliphatic carbocycles. The van der Waals surface area contributed by atoms with Gasteiger partial charge in [0.1, 0.15) is 12.4 Å². The molecule has 2 rings (SSSR count). The van der Waals surface area contributed by atoms with Gasteiger partial charge >= 0.3 is 0 Å². The molecular weight excluding hydrogens is 290 g/mol. The zero-order valence-corrected chi connectivity index (χ0v) is 11.6. The van der Waals surface area contributed by atoms with E-state index in [1.165, 1.54) is 28.6 Å². The van der Waals surface area contributed by atoms with Crippen molar-refractivity contribution in [3.05, 3.63) is 24.3 Å². The Bertz CT molecular complexity index is 528. The molecule has 0 radical (unpaired) electrons. The Kier molecular flexibility index (Phi) is 4.90. The van der Waals surface area contributed by atoms with Crippen LogP contribution in [0.2, 0.25) is 0 Å². The Morgan fingerprint density at radius 2 is 1.80 bits per heavy atom. The summed E-state index contributed by atoms with van der Waals surface area (Å²) in [5.41, 5.74) is 0. The maximum atomic E-state index is 12.3. The molecule has 0 saturated carbocycles. The fraction of sp³-hybridized carbons (Fsp3) is 0.500. The summed E-state index contributed by atoms with van der Waals surface area (Å²) in [4.78, 5) is 0.142. The van der Waals surface area contributed by atoms with Gasteiger partial charge in [-0.1, -0.05) is 0 Å². The average molecular weight is 306 g/mol. The van der Waals surface area contributed by atoms with Gasteiger partial charge in [-0.15, -0.1) is 0 Å². The largest absolute Gasteiger partial charge is 0.488 e. The highest BCUT2D eigenvalue weighted by atomic mass is 32.2. The van der Waals surface area contributed by atoms with Crippen molar-refractivity contribution in [2.24, 2.45) is 0 Å². The first-order chi connectivity index (χ1) is 9.50. The van der Waals surface area contributed by atoms with Crippen LogP contribution in [0.4, 0.5) is 8.78 Å². The molecule has 1 saturated heterocycles. The van der Waals surface area contributed by atoms with E-state index in [2.05, 4.69) is 5.32 Å². The van der Waals surface area contributed by atoms with E-state index in [0.717, 1.165) is 0 Å². The molecule has 1 aromatic carbocycles. The van der Waals surface area contributed by atoms with Crippen LogP contribution < -0.4 is 10.1 Å². The maximum absolute atomic E-state index is 12.3. The normalized spacial score (nSPS) is 17.4. The summed E-state index contributed by atoms with van der Waals surface area (Å²) in [6.07, 6.45) is -2.56. The average Bonchev–Trinajstić information content (AvgIpc) is 2.46. The monoisotopic (exact) mass is 306 g/mol. The number of ether oxygens (including phenoxy) is 1. The predicted octanol–water partition coefficient (Wildman–Crippen LogP) is 0.924. The number of sulfonamides is 1. The molecule has 0 amide bonds. The lowest BCUT2D eigenvalue weighted by atomic mass is 10.3. The molecule has 1 fully saturated rings. The van der Waals surface area contributed by atoms with Crippen LogP contribution in [0.15, 0.2) is 29.2 Å². The first-order valence-electron chi connectivity index (χ1n) is 6.22. The summed E-state index contributed by atoms with van der Waals surface area (Å²) in [7, 11) is -3.52. The number of hydrogen-bond acceptors (Lipinski definition) is 4. The van der Waals surface area contributed by atoms with E-state index in [4.69, 9.17) is 4.74 Å². The maximum Gasteiger partial charge on any atom is 0.272 e. The molecule has 20 heavy (non-hydrogen) atoms. The second kappa shape index (κ2) is 6.47. The summed E-state index contributed by atoms with van der Waals surface area (Å²) in [6, 6.07) is 5.52. The molecule has 0 atom stereocenters. The lowest BCUT2D eigenvalue weighted by molar-refractivity contribution is 0.0819. The molecule has 5 nitrogen and oxygen atoms in total. The highest BCUT2D eigenvalue weighted by Crippen LogP contribution is 2.20. The van der Waals surface area contributed by atoms with Crippen LogP contribution in [0.5, 0.6) is 5.75 Å². The van der Waals surface area contributed by atoms with E-state index in [9.17, 15) is 17.2 Å². The topological polar surface area (TPSA) is 58.6 Å². The third-order valence-corrected chi connectivity index (χ3v) is 4.83. The van der Waals surface area contributed by atoms with E-state index in [0.29, 0.717) is 26.2 Å². The van der Waals surface area contributed by atoms with Crippen molar-refractivity contribution in [3.63, 3.8) is 0 Å². The van der Waals surface area contributed by atoms with Crippen LogP contribution in [-0.4, -0.2) is 51.9 Å². The summed E-state index contributed by atoms with van der Waals surface area (Å²) in [6.45, 7) is 1.38. The fourth-order valence-corrected chi connectivity index (χ4v) is 3.34. The second-order valence-corrected chi connectivity index (χ2v) is 6.27. The number of nitrogens with one attached hydrogen (secondary N) is 1. The van der Waals surface area contributed by atoms with Crippen LogP contribution in [0.3, 0.4) is 0 Å². The third-order valence-electron chi connectivity index (χ3n) is 2.91. The van der Waals surface area contributed by atoms with Gasteiger partial charge in [0.15, 0.2) is 0 Å². The predicted molar refractivity (Wildman–Crippen MR) is 69.6 cm³/mol.